The second kappa shape index (κ2) is 9.21. The van der Waals surface area contributed by atoms with Gasteiger partial charge in [0, 0.05) is 11.5 Å². The van der Waals surface area contributed by atoms with Gasteiger partial charge in [-0.25, -0.2) is 4.79 Å². The third-order valence-electron chi connectivity index (χ3n) is 4.29. The Morgan fingerprint density at radius 1 is 1.12 bits per heavy atom. The number of carbonyl (C=O) groups is 3. The minimum absolute atomic E-state index is 0.172. The first-order chi connectivity index (χ1) is 11.6. The lowest BCUT2D eigenvalue weighted by Gasteiger charge is -2.25. The van der Waals surface area contributed by atoms with E-state index in [4.69, 9.17) is 4.74 Å². The maximum absolute atomic E-state index is 12.8. The Hall–Kier alpha value is -2.17. The van der Waals surface area contributed by atoms with Crippen LogP contribution in [-0.2, 0) is 14.3 Å². The monoisotopic (exact) mass is 331 g/mol. The summed E-state index contributed by atoms with van der Waals surface area (Å²) < 4.78 is 5.13. The minimum Gasteiger partial charge on any atom is -0.464 e. The van der Waals surface area contributed by atoms with Gasteiger partial charge in [-0.2, -0.15) is 0 Å². The standard InChI is InChI=1S/C19H25NO4/c1-2-13-24-19(23)16(17(21)14-9-5-3-6-10-14)20-18(22)15-11-7-4-8-12-15/h4,7-8,11-12,14,16H,2-3,5-6,9-10,13H2,1H3,(H,20,22). The van der Waals surface area contributed by atoms with Crippen LogP contribution in [0, 0.1) is 5.92 Å². The summed E-state index contributed by atoms with van der Waals surface area (Å²) in [5, 5.41) is 2.58. The summed E-state index contributed by atoms with van der Waals surface area (Å²) >= 11 is 0. The molecule has 130 valence electrons. The Bertz CT molecular complexity index is 564. The molecule has 1 amide bonds. The molecule has 2 rings (SSSR count). The molecule has 5 nitrogen and oxygen atoms in total. The summed E-state index contributed by atoms with van der Waals surface area (Å²) in [7, 11) is 0. The van der Waals surface area contributed by atoms with Gasteiger partial charge in [0.05, 0.1) is 6.61 Å². The SMILES string of the molecule is CCCOC(=O)C(NC(=O)c1ccccc1)C(=O)C1CCCCC1. The van der Waals surface area contributed by atoms with Gasteiger partial charge in [-0.15, -0.1) is 0 Å². The van der Waals surface area contributed by atoms with Gasteiger partial charge < -0.3 is 10.1 Å². The van der Waals surface area contributed by atoms with Gasteiger partial charge in [0.2, 0.25) is 0 Å². The lowest BCUT2D eigenvalue weighted by Crippen LogP contribution is -2.50. The highest BCUT2D eigenvalue weighted by atomic mass is 16.5. The predicted octanol–water partition coefficient (Wildman–Crippen LogP) is 2.89. The van der Waals surface area contributed by atoms with Gasteiger partial charge in [0.25, 0.3) is 5.91 Å². The molecule has 0 aromatic heterocycles. The summed E-state index contributed by atoms with van der Waals surface area (Å²) in [4.78, 5) is 37.4. The van der Waals surface area contributed by atoms with Crippen molar-refractivity contribution < 1.29 is 19.1 Å². The number of benzene rings is 1. The zero-order valence-corrected chi connectivity index (χ0v) is 14.1. The van der Waals surface area contributed by atoms with E-state index in [1.165, 1.54) is 0 Å². The summed E-state index contributed by atoms with van der Waals surface area (Å²) in [5.74, 6) is -1.48. The summed E-state index contributed by atoms with van der Waals surface area (Å²) in [6.45, 7) is 2.13. The van der Waals surface area contributed by atoms with Crippen LogP contribution in [0.2, 0.25) is 0 Å². The smallest absolute Gasteiger partial charge is 0.336 e. The predicted molar refractivity (Wildman–Crippen MR) is 90.5 cm³/mol. The Kier molecular flexibility index (Phi) is 6.97. The average molecular weight is 331 g/mol. The van der Waals surface area contributed by atoms with Crippen LogP contribution in [0.1, 0.15) is 55.8 Å². The fourth-order valence-electron chi connectivity index (χ4n) is 2.96. The van der Waals surface area contributed by atoms with Gasteiger partial charge in [0.15, 0.2) is 11.8 Å². The van der Waals surface area contributed by atoms with Crippen LogP contribution in [0.25, 0.3) is 0 Å². The quantitative estimate of drug-likeness (QED) is 0.616. The number of rotatable bonds is 7. The van der Waals surface area contributed by atoms with Crippen LogP contribution in [0.5, 0.6) is 0 Å². The van der Waals surface area contributed by atoms with Crippen LogP contribution in [-0.4, -0.2) is 30.3 Å². The lowest BCUT2D eigenvalue weighted by molar-refractivity contribution is -0.150. The van der Waals surface area contributed by atoms with Gasteiger partial charge >= 0.3 is 5.97 Å². The number of ether oxygens (including phenoxy) is 1. The lowest BCUT2D eigenvalue weighted by atomic mass is 9.83. The second-order valence-corrected chi connectivity index (χ2v) is 6.18. The number of hydrogen-bond acceptors (Lipinski definition) is 4. The number of carbonyl (C=O) groups excluding carboxylic acids is 3. The molecule has 0 aliphatic heterocycles. The minimum atomic E-state index is -1.22. The van der Waals surface area contributed by atoms with E-state index < -0.39 is 17.9 Å². The summed E-state index contributed by atoms with van der Waals surface area (Å²) in [6.07, 6.45) is 5.31. The van der Waals surface area contributed by atoms with E-state index in [0.29, 0.717) is 12.0 Å². The van der Waals surface area contributed by atoms with Crippen molar-refractivity contribution >= 4 is 17.7 Å². The Morgan fingerprint density at radius 2 is 1.79 bits per heavy atom. The summed E-state index contributed by atoms with van der Waals surface area (Å²) in [5.41, 5.74) is 0.419. The van der Waals surface area contributed by atoms with Crippen LogP contribution in [0.3, 0.4) is 0 Å². The molecule has 0 saturated heterocycles. The molecule has 1 fully saturated rings. The molecular weight excluding hydrogens is 306 g/mol. The van der Waals surface area contributed by atoms with Gasteiger partial charge in [0.1, 0.15) is 0 Å². The molecule has 0 radical (unpaired) electrons. The van der Waals surface area contributed by atoms with Crippen LogP contribution >= 0.6 is 0 Å². The molecule has 5 heteroatoms. The first-order valence-electron chi connectivity index (χ1n) is 8.69. The van der Waals surface area contributed by atoms with E-state index in [0.717, 1.165) is 32.1 Å². The molecule has 1 N–H and O–H groups in total. The van der Waals surface area contributed by atoms with Crippen molar-refractivity contribution in [3.8, 4) is 0 Å². The average Bonchev–Trinajstić information content (AvgIpc) is 2.64. The third kappa shape index (κ3) is 4.91. The van der Waals surface area contributed by atoms with Crippen LogP contribution in [0.4, 0.5) is 0 Å². The van der Waals surface area contributed by atoms with Gasteiger partial charge in [-0.05, 0) is 31.4 Å². The third-order valence-corrected chi connectivity index (χ3v) is 4.29. The van der Waals surface area contributed by atoms with Crippen molar-refractivity contribution in [2.45, 2.75) is 51.5 Å². The maximum atomic E-state index is 12.8. The normalized spacial score (nSPS) is 16.2. The highest BCUT2D eigenvalue weighted by molar-refractivity contribution is 6.08. The highest BCUT2D eigenvalue weighted by Crippen LogP contribution is 2.25. The fourth-order valence-corrected chi connectivity index (χ4v) is 2.96. The molecule has 0 spiro atoms. The molecular formula is C19H25NO4. The van der Waals surface area contributed by atoms with E-state index in [1.54, 1.807) is 30.3 Å². The van der Waals surface area contributed by atoms with Crippen molar-refractivity contribution in [2.75, 3.05) is 6.61 Å². The molecule has 0 heterocycles. The van der Waals surface area contributed by atoms with Gasteiger partial charge in [-0.1, -0.05) is 44.4 Å². The molecule has 1 aliphatic rings. The second-order valence-electron chi connectivity index (χ2n) is 6.18. The number of ketones is 1. The first kappa shape index (κ1) is 18.2. The van der Waals surface area contributed by atoms with Crippen LogP contribution < -0.4 is 5.32 Å². The molecule has 0 bridgehead atoms. The number of amides is 1. The molecule has 1 aromatic carbocycles. The van der Waals surface area contributed by atoms with Crippen molar-refractivity contribution in [3.63, 3.8) is 0 Å². The Balaban J connectivity index is 2.11. The molecule has 1 unspecified atom stereocenters. The first-order valence-corrected chi connectivity index (χ1v) is 8.69. The fraction of sp³-hybridized carbons (Fsp3) is 0.526. The summed E-state index contributed by atoms with van der Waals surface area (Å²) in [6, 6.07) is 7.36. The number of nitrogens with one attached hydrogen (secondary N) is 1. The van der Waals surface area contributed by atoms with Crippen molar-refractivity contribution in [1.29, 1.82) is 0 Å². The van der Waals surface area contributed by atoms with Crippen LogP contribution in [0.15, 0.2) is 30.3 Å². The maximum Gasteiger partial charge on any atom is 0.336 e. The van der Waals surface area contributed by atoms with E-state index in [-0.39, 0.29) is 18.3 Å². The molecule has 1 atom stereocenters. The largest absolute Gasteiger partial charge is 0.464 e. The Morgan fingerprint density at radius 3 is 2.42 bits per heavy atom. The highest BCUT2D eigenvalue weighted by Gasteiger charge is 2.35. The topological polar surface area (TPSA) is 72.5 Å². The van der Waals surface area contributed by atoms with Crippen molar-refractivity contribution in [1.82, 2.24) is 5.32 Å². The Labute approximate surface area is 142 Å². The van der Waals surface area contributed by atoms with E-state index in [2.05, 4.69) is 5.32 Å². The number of esters is 1. The molecule has 1 aromatic rings. The van der Waals surface area contributed by atoms with E-state index in [1.807, 2.05) is 6.92 Å². The zero-order chi connectivity index (χ0) is 17.4. The molecule has 1 aliphatic carbocycles. The van der Waals surface area contributed by atoms with Crippen molar-refractivity contribution in [3.05, 3.63) is 35.9 Å². The van der Waals surface area contributed by atoms with E-state index in [9.17, 15) is 14.4 Å². The van der Waals surface area contributed by atoms with Crippen molar-refractivity contribution in [2.24, 2.45) is 5.92 Å². The van der Waals surface area contributed by atoms with E-state index >= 15 is 0 Å². The number of hydrogen-bond donors (Lipinski definition) is 1. The molecule has 1 saturated carbocycles. The van der Waals surface area contributed by atoms with Gasteiger partial charge in [-0.3, -0.25) is 9.59 Å². The zero-order valence-electron chi connectivity index (χ0n) is 14.1. The molecule has 24 heavy (non-hydrogen) atoms. The number of Topliss-reactive ketones (excluding diaryl/α,β-unsaturated/α-hetero) is 1.